The number of aliphatic hydroxyl groups excluding tert-OH is 5. The maximum Gasteiger partial charge on any atom is 0.229 e. The minimum atomic E-state index is -1.95. The topological polar surface area (TPSA) is 249 Å². The largest absolute Gasteiger partial charge is 0.507 e. The van der Waals surface area contributed by atoms with Crippen molar-refractivity contribution in [1.29, 1.82) is 0 Å². The molecule has 15 heteroatoms. The Morgan fingerprint density at radius 3 is 2.34 bits per heavy atom. The van der Waals surface area contributed by atoms with E-state index >= 15 is 0 Å². The Morgan fingerprint density at radius 2 is 1.66 bits per heavy atom. The Labute approximate surface area is 230 Å². The Kier molecular flexibility index (Phi) is 7.82. The second kappa shape index (κ2) is 11.1. The number of phenolic OH excluding ortho intramolecular Hbond substituents is 3. The zero-order valence-corrected chi connectivity index (χ0v) is 21.1. The van der Waals surface area contributed by atoms with Crippen molar-refractivity contribution in [2.45, 2.75) is 48.7 Å². The molecule has 2 aliphatic heterocycles. The van der Waals surface area contributed by atoms with E-state index in [1.165, 1.54) is 24.3 Å². The van der Waals surface area contributed by atoms with Gasteiger partial charge in [-0.2, -0.15) is 0 Å². The van der Waals surface area contributed by atoms with Crippen LogP contribution in [0.5, 0.6) is 23.0 Å². The van der Waals surface area contributed by atoms with Gasteiger partial charge in [0.15, 0.2) is 23.2 Å². The molecule has 41 heavy (non-hydrogen) atoms. The molecule has 2 aromatic carbocycles. The molecule has 0 spiro atoms. The molecule has 3 aromatic rings. The van der Waals surface area contributed by atoms with Gasteiger partial charge in [0.05, 0.1) is 19.8 Å². The molecule has 9 N–H and O–H groups in total. The summed E-state index contributed by atoms with van der Waals surface area (Å²) in [6.45, 7) is -1.72. The minimum Gasteiger partial charge on any atom is -0.507 e. The molecule has 0 bridgehead atoms. The number of ether oxygens (including phenoxy) is 4. The first-order valence-electron chi connectivity index (χ1n) is 12.4. The van der Waals surface area contributed by atoms with Gasteiger partial charge < -0.3 is 69.3 Å². The number of phenols is 3. The van der Waals surface area contributed by atoms with E-state index in [1.54, 1.807) is 0 Å². The van der Waals surface area contributed by atoms with Gasteiger partial charge in [-0.15, -0.1) is 0 Å². The first kappa shape index (κ1) is 29.0. The second-order valence-electron chi connectivity index (χ2n) is 9.85. The third-order valence-corrected chi connectivity index (χ3v) is 6.97. The third kappa shape index (κ3) is 5.42. The standard InChI is InChI=1S/C26H28O15/c27-8-26(36)9-38-25(23(26)35)37-7-18-20(32)21(33)22(34)24(41-18)39-11-4-14(30)19-15(31)6-16(40-17(19)5-11)10-1-2-12(28)13(29)3-10/h1-6,18,20-25,27-30,32-36H,7-9H2/t18?,20-,21?,22-,23-,24-,25?,26+/m0/s1. The average Bonchev–Trinajstić information content (AvgIpc) is 3.23. The molecule has 3 unspecified atom stereocenters. The molecule has 2 aliphatic rings. The molecular weight excluding hydrogens is 552 g/mol. The molecule has 0 radical (unpaired) electrons. The molecule has 0 aliphatic carbocycles. The summed E-state index contributed by atoms with van der Waals surface area (Å²) >= 11 is 0. The number of hydrogen-bond donors (Lipinski definition) is 9. The summed E-state index contributed by atoms with van der Waals surface area (Å²) in [5.74, 6) is -1.56. The van der Waals surface area contributed by atoms with Crippen LogP contribution >= 0.6 is 0 Å². The lowest BCUT2D eigenvalue weighted by Crippen LogP contribution is -2.60. The Balaban J connectivity index is 1.36. The van der Waals surface area contributed by atoms with E-state index in [9.17, 15) is 50.8 Å². The van der Waals surface area contributed by atoms with E-state index in [1.807, 2.05) is 0 Å². The summed E-state index contributed by atoms with van der Waals surface area (Å²) in [5, 5.41) is 90.4. The van der Waals surface area contributed by atoms with Crippen LogP contribution in [0.15, 0.2) is 45.6 Å². The number of aromatic hydroxyl groups is 3. The lowest BCUT2D eigenvalue weighted by atomic mass is 9.99. The van der Waals surface area contributed by atoms with E-state index in [2.05, 4.69) is 0 Å². The third-order valence-electron chi connectivity index (χ3n) is 6.97. The Bertz CT molecular complexity index is 1470. The normalized spacial score (nSPS) is 31.9. The molecule has 8 atom stereocenters. The maximum atomic E-state index is 12.7. The number of benzene rings is 2. The van der Waals surface area contributed by atoms with Gasteiger partial charge in [-0.25, -0.2) is 0 Å². The highest BCUT2D eigenvalue weighted by Crippen LogP contribution is 2.35. The van der Waals surface area contributed by atoms with Crippen LogP contribution in [0, 0.1) is 0 Å². The molecule has 15 nitrogen and oxygen atoms in total. The van der Waals surface area contributed by atoms with Crippen LogP contribution in [0.3, 0.4) is 0 Å². The molecule has 3 heterocycles. The lowest BCUT2D eigenvalue weighted by Gasteiger charge is -2.40. The molecule has 0 amide bonds. The van der Waals surface area contributed by atoms with E-state index in [-0.39, 0.29) is 33.8 Å². The first-order chi connectivity index (χ1) is 19.4. The van der Waals surface area contributed by atoms with E-state index in [0.29, 0.717) is 0 Å². The summed E-state index contributed by atoms with van der Waals surface area (Å²) in [6.07, 6.45) is -11.2. The second-order valence-corrected chi connectivity index (χ2v) is 9.85. The zero-order chi connectivity index (χ0) is 29.6. The fourth-order valence-electron chi connectivity index (χ4n) is 4.54. The highest BCUT2D eigenvalue weighted by Gasteiger charge is 2.50. The van der Waals surface area contributed by atoms with Crippen LogP contribution in [0.25, 0.3) is 22.3 Å². The van der Waals surface area contributed by atoms with Crippen molar-refractivity contribution < 1.29 is 69.3 Å². The van der Waals surface area contributed by atoms with Gasteiger partial charge in [-0.05, 0) is 18.2 Å². The van der Waals surface area contributed by atoms with Crippen LogP contribution in [-0.2, 0) is 14.2 Å². The average molecular weight is 580 g/mol. The van der Waals surface area contributed by atoms with Crippen LogP contribution < -0.4 is 10.2 Å². The smallest absolute Gasteiger partial charge is 0.229 e. The van der Waals surface area contributed by atoms with Crippen LogP contribution in [0.4, 0.5) is 0 Å². The lowest BCUT2D eigenvalue weighted by molar-refractivity contribution is -0.289. The Hall–Kier alpha value is -3.51. The van der Waals surface area contributed by atoms with E-state index in [0.717, 1.165) is 12.1 Å². The Morgan fingerprint density at radius 1 is 0.902 bits per heavy atom. The number of fused-ring (bicyclic) bond motifs is 1. The van der Waals surface area contributed by atoms with Gasteiger partial charge in [-0.3, -0.25) is 4.79 Å². The van der Waals surface area contributed by atoms with E-state index in [4.69, 9.17) is 23.4 Å². The molecular formula is C26H28O15. The maximum absolute atomic E-state index is 12.7. The summed E-state index contributed by atoms with van der Waals surface area (Å²) in [4.78, 5) is 12.7. The highest BCUT2D eigenvalue weighted by atomic mass is 16.7. The zero-order valence-electron chi connectivity index (χ0n) is 21.1. The van der Waals surface area contributed by atoms with Crippen molar-refractivity contribution in [3.05, 3.63) is 46.6 Å². The molecule has 2 saturated heterocycles. The van der Waals surface area contributed by atoms with Gasteiger partial charge in [-0.1, -0.05) is 0 Å². The summed E-state index contributed by atoms with van der Waals surface area (Å²) in [7, 11) is 0. The van der Waals surface area contributed by atoms with E-state index < -0.39 is 85.4 Å². The summed E-state index contributed by atoms with van der Waals surface area (Å²) in [6, 6.07) is 7.08. The van der Waals surface area contributed by atoms with Crippen molar-refractivity contribution in [3.8, 4) is 34.3 Å². The minimum absolute atomic E-state index is 0.0107. The van der Waals surface area contributed by atoms with Gasteiger partial charge in [0, 0.05) is 23.8 Å². The fraction of sp³-hybridized carbons (Fsp3) is 0.423. The van der Waals surface area contributed by atoms with Gasteiger partial charge >= 0.3 is 0 Å². The van der Waals surface area contributed by atoms with Crippen molar-refractivity contribution in [1.82, 2.24) is 0 Å². The number of rotatable bonds is 7. The molecule has 0 saturated carbocycles. The van der Waals surface area contributed by atoms with Crippen molar-refractivity contribution in [3.63, 3.8) is 0 Å². The van der Waals surface area contributed by atoms with Crippen LogP contribution in [0.1, 0.15) is 0 Å². The van der Waals surface area contributed by atoms with Crippen LogP contribution in [-0.4, -0.2) is 114 Å². The molecule has 5 rings (SSSR count). The quantitative estimate of drug-likeness (QED) is 0.140. The van der Waals surface area contributed by atoms with Gasteiger partial charge in [0.25, 0.3) is 0 Å². The summed E-state index contributed by atoms with van der Waals surface area (Å²) < 4.78 is 27.4. The number of aliphatic hydroxyl groups is 6. The van der Waals surface area contributed by atoms with Gasteiger partial charge in [0.2, 0.25) is 6.29 Å². The van der Waals surface area contributed by atoms with Gasteiger partial charge in [0.1, 0.15) is 64.3 Å². The predicted molar refractivity (Wildman–Crippen MR) is 134 cm³/mol. The molecule has 222 valence electrons. The van der Waals surface area contributed by atoms with Crippen LogP contribution in [0.2, 0.25) is 0 Å². The molecule has 1 aromatic heterocycles. The highest BCUT2D eigenvalue weighted by molar-refractivity contribution is 5.86. The monoisotopic (exact) mass is 580 g/mol. The van der Waals surface area contributed by atoms with Crippen molar-refractivity contribution in [2.75, 3.05) is 19.8 Å². The first-order valence-corrected chi connectivity index (χ1v) is 12.4. The summed E-state index contributed by atoms with van der Waals surface area (Å²) in [5.41, 5.74) is -2.49. The SMILES string of the molecule is O=c1cc(-c2ccc(O)c(O)c2)oc2cc(O[C@H]3OC(COC4OC[C@](O)(CO)[C@H]4O)[C@H](O)C(O)[C@@H]3O)cc(O)c12. The van der Waals surface area contributed by atoms with Crippen molar-refractivity contribution >= 4 is 11.0 Å². The number of hydrogen-bond acceptors (Lipinski definition) is 15. The van der Waals surface area contributed by atoms with Crippen molar-refractivity contribution in [2.24, 2.45) is 0 Å². The fourth-order valence-corrected chi connectivity index (χ4v) is 4.54. The molecule has 2 fully saturated rings. The predicted octanol–water partition coefficient (Wildman–Crippen LogP) is -1.78.